The van der Waals surface area contributed by atoms with E-state index in [2.05, 4.69) is 0 Å². The normalized spacial score (nSPS) is 12.2. The fourth-order valence-electron chi connectivity index (χ4n) is 1.24. The molecule has 0 heterocycles. The molecule has 0 radical (unpaired) electrons. The first kappa shape index (κ1) is 12.4. The maximum absolute atomic E-state index is 13.3. The third-order valence-corrected chi connectivity index (χ3v) is 2.02. The van der Waals surface area contributed by atoms with Gasteiger partial charge in [0.1, 0.15) is 17.4 Å². The zero-order valence-electron chi connectivity index (χ0n) is 8.41. The van der Waals surface area contributed by atoms with Gasteiger partial charge in [-0.2, -0.15) is 0 Å². The number of hydrogen-bond acceptors (Lipinski definition) is 3. The van der Waals surface area contributed by atoms with Crippen LogP contribution in [0.4, 0.5) is 8.78 Å². The van der Waals surface area contributed by atoms with Gasteiger partial charge in [-0.05, 0) is 0 Å². The Kier molecular flexibility index (Phi) is 3.78. The van der Waals surface area contributed by atoms with E-state index in [1.165, 1.54) is 7.11 Å². The molecule has 0 aliphatic heterocycles. The first-order valence-corrected chi connectivity index (χ1v) is 4.38. The molecule has 1 aromatic carbocycles. The topological polar surface area (TPSA) is 66.8 Å². The summed E-state index contributed by atoms with van der Waals surface area (Å²) in [5.74, 6) is -3.39. The highest BCUT2D eigenvalue weighted by Crippen LogP contribution is 2.24. The Morgan fingerprint density at radius 2 is 2.12 bits per heavy atom. The van der Waals surface area contributed by atoms with E-state index in [0.717, 1.165) is 6.07 Å². The summed E-state index contributed by atoms with van der Waals surface area (Å²) in [7, 11) is 1.20. The second-order valence-electron chi connectivity index (χ2n) is 3.13. The van der Waals surface area contributed by atoms with Gasteiger partial charge in [-0.1, -0.05) is 0 Å². The van der Waals surface area contributed by atoms with Crippen LogP contribution in [0.25, 0.3) is 0 Å². The number of aliphatic hydroxyl groups is 1. The molecule has 0 aromatic heterocycles. The Balaban J connectivity index is 3.07. The van der Waals surface area contributed by atoms with Crippen LogP contribution in [0.2, 0.25) is 0 Å². The van der Waals surface area contributed by atoms with Crippen molar-refractivity contribution in [3.05, 3.63) is 29.3 Å². The molecular formula is C10H10F2O4. The molecule has 0 spiro atoms. The van der Waals surface area contributed by atoms with Crippen LogP contribution in [0.5, 0.6) is 5.75 Å². The molecule has 88 valence electrons. The first-order chi connectivity index (χ1) is 7.45. The van der Waals surface area contributed by atoms with Gasteiger partial charge in [0.15, 0.2) is 6.10 Å². The Labute approximate surface area is 90.1 Å². The highest BCUT2D eigenvalue weighted by atomic mass is 19.1. The number of methoxy groups -OCH3 is 1. The van der Waals surface area contributed by atoms with E-state index in [4.69, 9.17) is 14.9 Å². The molecule has 0 aliphatic carbocycles. The smallest absolute Gasteiger partial charge is 0.332 e. The summed E-state index contributed by atoms with van der Waals surface area (Å²) in [6.45, 7) is 0. The number of carboxylic acid groups (broad SMARTS) is 1. The second kappa shape index (κ2) is 4.89. The number of carbonyl (C=O) groups is 1. The van der Waals surface area contributed by atoms with E-state index in [1.807, 2.05) is 0 Å². The zero-order valence-corrected chi connectivity index (χ0v) is 8.41. The van der Waals surface area contributed by atoms with Crippen molar-refractivity contribution in [3.8, 4) is 5.75 Å². The molecule has 0 bridgehead atoms. The van der Waals surface area contributed by atoms with Crippen molar-refractivity contribution in [2.45, 2.75) is 12.5 Å². The van der Waals surface area contributed by atoms with Gasteiger partial charge in [0.25, 0.3) is 0 Å². The summed E-state index contributed by atoms with van der Waals surface area (Å²) >= 11 is 0. The predicted octanol–water partition coefficient (Wildman–Crippen LogP) is 0.961. The molecule has 1 unspecified atom stereocenters. The van der Waals surface area contributed by atoms with E-state index in [-0.39, 0.29) is 11.3 Å². The number of hydrogen-bond donors (Lipinski definition) is 2. The molecule has 4 nitrogen and oxygen atoms in total. The molecule has 2 N–H and O–H groups in total. The summed E-state index contributed by atoms with van der Waals surface area (Å²) in [4.78, 5) is 10.4. The maximum atomic E-state index is 13.3. The summed E-state index contributed by atoms with van der Waals surface area (Å²) in [5.41, 5.74) is -0.168. The van der Waals surface area contributed by atoms with Gasteiger partial charge in [-0.3, -0.25) is 0 Å². The highest BCUT2D eigenvalue weighted by Gasteiger charge is 2.20. The van der Waals surface area contributed by atoms with E-state index in [0.29, 0.717) is 6.07 Å². The van der Waals surface area contributed by atoms with Gasteiger partial charge in [-0.15, -0.1) is 0 Å². The minimum atomic E-state index is -1.76. The van der Waals surface area contributed by atoms with Crippen molar-refractivity contribution in [1.82, 2.24) is 0 Å². The molecule has 0 fully saturated rings. The third kappa shape index (κ3) is 2.66. The lowest BCUT2D eigenvalue weighted by Crippen LogP contribution is -2.23. The molecule has 0 saturated heterocycles. The Morgan fingerprint density at radius 3 is 2.62 bits per heavy atom. The van der Waals surface area contributed by atoms with Crippen LogP contribution in [0.1, 0.15) is 5.56 Å². The van der Waals surface area contributed by atoms with Crippen LogP contribution in [0.3, 0.4) is 0 Å². The molecule has 0 aliphatic rings. The monoisotopic (exact) mass is 232 g/mol. The van der Waals surface area contributed by atoms with Crippen molar-refractivity contribution >= 4 is 5.97 Å². The lowest BCUT2D eigenvalue weighted by molar-refractivity contribution is -0.146. The Hall–Kier alpha value is -1.69. The zero-order chi connectivity index (χ0) is 12.3. The number of halogens is 2. The van der Waals surface area contributed by atoms with E-state index < -0.39 is 30.1 Å². The third-order valence-electron chi connectivity index (χ3n) is 2.02. The number of ether oxygens (including phenoxy) is 1. The van der Waals surface area contributed by atoms with Gasteiger partial charge in [-0.25, -0.2) is 13.6 Å². The molecule has 6 heteroatoms. The fourth-order valence-corrected chi connectivity index (χ4v) is 1.24. The number of aliphatic carboxylic acids is 1. The largest absolute Gasteiger partial charge is 0.496 e. The number of aliphatic hydroxyl groups excluding tert-OH is 1. The lowest BCUT2D eigenvalue weighted by atomic mass is 10.1. The standard InChI is InChI=1S/C10H10F2O4/c1-16-9-3-5(11)2-7(12)6(9)4-8(13)10(14)15/h2-3,8,13H,4H2,1H3,(H,14,15). The van der Waals surface area contributed by atoms with Crippen LogP contribution in [-0.2, 0) is 11.2 Å². The van der Waals surface area contributed by atoms with Crippen molar-refractivity contribution < 1.29 is 28.5 Å². The predicted molar refractivity (Wildman–Crippen MR) is 50.3 cm³/mol. The van der Waals surface area contributed by atoms with Crippen LogP contribution in [0, 0.1) is 11.6 Å². The van der Waals surface area contributed by atoms with Crippen molar-refractivity contribution in [2.75, 3.05) is 7.11 Å². The Morgan fingerprint density at radius 1 is 1.50 bits per heavy atom. The highest BCUT2D eigenvalue weighted by molar-refractivity contribution is 5.72. The molecule has 1 rings (SSSR count). The molecule has 16 heavy (non-hydrogen) atoms. The molecule has 1 atom stereocenters. The van der Waals surface area contributed by atoms with Crippen LogP contribution < -0.4 is 4.74 Å². The summed E-state index contributed by atoms with van der Waals surface area (Å²) in [6, 6.07) is 1.53. The molecule has 0 amide bonds. The minimum absolute atomic E-state index is 0.127. The molecule has 0 saturated carbocycles. The van der Waals surface area contributed by atoms with Crippen molar-refractivity contribution in [3.63, 3.8) is 0 Å². The van der Waals surface area contributed by atoms with Crippen LogP contribution >= 0.6 is 0 Å². The van der Waals surface area contributed by atoms with E-state index >= 15 is 0 Å². The fraction of sp³-hybridized carbons (Fsp3) is 0.300. The SMILES string of the molecule is COc1cc(F)cc(F)c1CC(O)C(=O)O. The maximum Gasteiger partial charge on any atom is 0.332 e. The number of benzene rings is 1. The Bertz CT molecular complexity index is 406. The number of rotatable bonds is 4. The van der Waals surface area contributed by atoms with Gasteiger partial charge in [0.2, 0.25) is 0 Å². The summed E-state index contributed by atoms with van der Waals surface area (Å²) in [5, 5.41) is 17.5. The summed E-state index contributed by atoms with van der Waals surface area (Å²) in [6.07, 6.45) is -2.24. The van der Waals surface area contributed by atoms with Gasteiger partial charge in [0, 0.05) is 24.1 Å². The average molecular weight is 232 g/mol. The average Bonchev–Trinajstić information content (AvgIpc) is 2.21. The minimum Gasteiger partial charge on any atom is -0.496 e. The van der Waals surface area contributed by atoms with Crippen molar-refractivity contribution in [2.24, 2.45) is 0 Å². The van der Waals surface area contributed by atoms with Crippen LogP contribution in [0.15, 0.2) is 12.1 Å². The van der Waals surface area contributed by atoms with E-state index in [9.17, 15) is 13.6 Å². The lowest BCUT2D eigenvalue weighted by Gasteiger charge is -2.11. The molecule has 1 aromatic rings. The van der Waals surface area contributed by atoms with Crippen LogP contribution in [-0.4, -0.2) is 29.4 Å². The number of carboxylic acids is 1. The van der Waals surface area contributed by atoms with E-state index in [1.54, 1.807) is 0 Å². The summed E-state index contributed by atoms with van der Waals surface area (Å²) < 4.78 is 30.8. The van der Waals surface area contributed by atoms with Crippen molar-refractivity contribution in [1.29, 1.82) is 0 Å². The quantitative estimate of drug-likeness (QED) is 0.811. The molecular weight excluding hydrogens is 222 g/mol. The van der Waals surface area contributed by atoms with Gasteiger partial charge >= 0.3 is 5.97 Å². The first-order valence-electron chi connectivity index (χ1n) is 4.38. The van der Waals surface area contributed by atoms with Gasteiger partial charge in [0.05, 0.1) is 7.11 Å². The van der Waals surface area contributed by atoms with Gasteiger partial charge < -0.3 is 14.9 Å². The second-order valence-corrected chi connectivity index (χ2v) is 3.13.